The summed E-state index contributed by atoms with van der Waals surface area (Å²) in [5.74, 6) is -0.440. The molecule has 2 aromatic rings. The Morgan fingerprint density at radius 3 is 2.30 bits per heavy atom. The summed E-state index contributed by atoms with van der Waals surface area (Å²) in [6.45, 7) is 0.590. The van der Waals surface area contributed by atoms with Crippen LogP contribution in [0, 0.1) is 0 Å². The van der Waals surface area contributed by atoms with Gasteiger partial charge in [0, 0.05) is 19.8 Å². The van der Waals surface area contributed by atoms with Crippen molar-refractivity contribution in [1.29, 1.82) is 0 Å². The van der Waals surface area contributed by atoms with Gasteiger partial charge in [-0.15, -0.1) is 0 Å². The number of thiazole rings is 1. The Bertz CT molecular complexity index is 1080. The lowest BCUT2D eigenvalue weighted by Gasteiger charge is -2.41. The quantitative estimate of drug-likeness (QED) is 0.430. The summed E-state index contributed by atoms with van der Waals surface area (Å²) in [6.07, 6.45) is -3.31. The molecule has 2 N–H and O–H groups in total. The van der Waals surface area contributed by atoms with E-state index < -0.39 is 22.3 Å². The van der Waals surface area contributed by atoms with Gasteiger partial charge in [-0.2, -0.15) is 18.2 Å². The van der Waals surface area contributed by atoms with E-state index in [0.717, 1.165) is 0 Å². The number of hydrogen-bond acceptors (Lipinski definition) is 7. The van der Waals surface area contributed by atoms with Gasteiger partial charge in [-0.3, -0.25) is 4.79 Å². The Kier molecular flexibility index (Phi) is 6.65. The second-order valence-corrected chi connectivity index (χ2v) is 11.4. The number of halogens is 4. The third kappa shape index (κ3) is 4.62. The number of anilines is 3. The number of aromatic nitrogens is 3. The molecule has 0 radical (unpaired) electrons. The fraction of sp³-hybridized carbons (Fsp3) is 0.467. The van der Waals surface area contributed by atoms with Gasteiger partial charge in [-0.05, 0) is 11.7 Å². The number of nitrogens with zero attached hydrogens (tertiary/aromatic N) is 4. The predicted octanol–water partition coefficient (Wildman–Crippen LogP) is -2.66. The maximum absolute atomic E-state index is 13.7. The molecule has 33 heavy (non-hydrogen) atoms. The van der Waals surface area contributed by atoms with Crippen LogP contribution < -0.4 is 10.6 Å². The number of rotatable bonds is 6. The SMILES string of the molecule is BC(B)(B)N1CC[C@](c2nc(Cl)c(Nc3ncc(C(F)(F)F)c(NC)n3)s2)(C(B)(B)B)C1=O. The molecule has 3 heterocycles. The minimum Gasteiger partial charge on any atom is -0.372 e. The highest BCUT2D eigenvalue weighted by Gasteiger charge is 2.58. The topological polar surface area (TPSA) is 83.0 Å². The van der Waals surface area contributed by atoms with Crippen LogP contribution in [0.25, 0.3) is 0 Å². The molecule has 1 aliphatic heterocycles. The fourth-order valence-corrected chi connectivity index (χ4v) is 5.65. The Hall–Kier alpha value is -1.75. The molecular formula is C15H22B6ClF3N6OS. The van der Waals surface area contributed by atoms with Crippen LogP contribution in [0.4, 0.5) is 29.9 Å². The molecule has 0 saturated carbocycles. The Morgan fingerprint density at radius 2 is 1.82 bits per heavy atom. The molecule has 1 amide bonds. The Balaban J connectivity index is 2.01. The van der Waals surface area contributed by atoms with Gasteiger partial charge in [-0.25, -0.2) is 9.97 Å². The lowest BCUT2D eigenvalue weighted by molar-refractivity contribution is -0.137. The van der Waals surface area contributed by atoms with Crippen molar-refractivity contribution in [3.05, 3.63) is 21.9 Å². The predicted molar refractivity (Wildman–Crippen MR) is 142 cm³/mol. The molecule has 170 valence electrons. The first-order chi connectivity index (χ1) is 15.0. The van der Waals surface area contributed by atoms with Crippen molar-refractivity contribution >= 4 is 92.7 Å². The molecule has 2 aromatic heterocycles. The third-order valence-electron chi connectivity index (χ3n) is 5.92. The molecule has 1 aliphatic rings. The van der Waals surface area contributed by atoms with Crippen LogP contribution in [0.15, 0.2) is 6.20 Å². The molecule has 1 atom stereocenters. The number of likely N-dealkylation sites (tertiary alicyclic amines) is 1. The maximum atomic E-state index is 13.7. The third-order valence-corrected chi connectivity index (χ3v) is 7.44. The molecule has 0 aliphatic carbocycles. The highest BCUT2D eigenvalue weighted by molar-refractivity contribution is 7.16. The van der Waals surface area contributed by atoms with Crippen molar-refractivity contribution in [2.45, 2.75) is 28.4 Å². The zero-order valence-electron chi connectivity index (χ0n) is 19.6. The van der Waals surface area contributed by atoms with Crippen LogP contribution in [-0.2, 0) is 16.4 Å². The number of carbonyl (C=O) groups excluding carboxylic acids is 1. The Morgan fingerprint density at radius 1 is 1.18 bits per heavy atom. The highest BCUT2D eigenvalue weighted by Crippen LogP contribution is 2.52. The van der Waals surface area contributed by atoms with Crippen LogP contribution in [0.3, 0.4) is 0 Å². The molecule has 1 saturated heterocycles. The van der Waals surface area contributed by atoms with E-state index >= 15 is 0 Å². The van der Waals surface area contributed by atoms with E-state index in [0.29, 0.717) is 29.2 Å². The molecule has 3 rings (SSSR count). The van der Waals surface area contributed by atoms with Gasteiger partial charge in [0.15, 0.2) is 5.15 Å². The van der Waals surface area contributed by atoms with E-state index in [1.165, 1.54) is 18.4 Å². The first-order valence-electron chi connectivity index (χ1n) is 10.4. The molecule has 0 bridgehead atoms. The summed E-state index contributed by atoms with van der Waals surface area (Å²) in [7, 11) is 13.3. The smallest absolute Gasteiger partial charge is 0.372 e. The fourth-order valence-electron chi connectivity index (χ4n) is 4.08. The van der Waals surface area contributed by atoms with Gasteiger partial charge in [0.1, 0.15) is 44.9 Å². The zero-order chi connectivity index (χ0) is 25.0. The average Bonchev–Trinajstić information content (AvgIpc) is 3.21. The first kappa shape index (κ1) is 25.9. The molecule has 0 aromatic carbocycles. The van der Waals surface area contributed by atoms with E-state index in [1.807, 2.05) is 52.0 Å². The van der Waals surface area contributed by atoms with E-state index in [2.05, 4.69) is 25.6 Å². The van der Waals surface area contributed by atoms with Crippen molar-refractivity contribution < 1.29 is 18.0 Å². The van der Waals surface area contributed by atoms with Crippen LogP contribution in [0.1, 0.15) is 17.0 Å². The average molecular weight is 492 g/mol. The lowest BCUT2D eigenvalue weighted by Crippen LogP contribution is -2.56. The summed E-state index contributed by atoms with van der Waals surface area (Å²) in [5, 5.41) is 5.53. The highest BCUT2D eigenvalue weighted by atomic mass is 35.5. The van der Waals surface area contributed by atoms with Crippen molar-refractivity contribution in [1.82, 2.24) is 19.9 Å². The molecular weight excluding hydrogens is 470 g/mol. The number of nitrogens with one attached hydrogen (secondary N) is 2. The minimum absolute atomic E-state index is 0.0114. The van der Waals surface area contributed by atoms with Crippen molar-refractivity contribution in [3.8, 4) is 0 Å². The summed E-state index contributed by atoms with van der Waals surface area (Å²) in [6, 6.07) is 0. The normalized spacial score (nSPS) is 19.7. The van der Waals surface area contributed by atoms with Gasteiger partial charge in [0.05, 0.1) is 29.0 Å². The maximum Gasteiger partial charge on any atom is 0.421 e. The second kappa shape index (κ2) is 8.48. The summed E-state index contributed by atoms with van der Waals surface area (Å²) in [4.78, 5) is 27.8. The summed E-state index contributed by atoms with van der Waals surface area (Å²) in [5.41, 5.74) is -1.86. The summed E-state index contributed by atoms with van der Waals surface area (Å²) >= 11 is 7.59. The van der Waals surface area contributed by atoms with Crippen LogP contribution >= 0.6 is 22.9 Å². The molecule has 18 heteroatoms. The molecule has 1 fully saturated rings. The van der Waals surface area contributed by atoms with Gasteiger partial charge in [-0.1, -0.05) is 28.1 Å². The molecule has 7 nitrogen and oxygen atoms in total. The van der Waals surface area contributed by atoms with E-state index in [9.17, 15) is 18.0 Å². The van der Waals surface area contributed by atoms with Crippen LogP contribution in [0.2, 0.25) is 10.3 Å². The van der Waals surface area contributed by atoms with E-state index in [4.69, 9.17) is 11.6 Å². The first-order valence-corrected chi connectivity index (χ1v) is 11.6. The van der Waals surface area contributed by atoms with Crippen molar-refractivity contribution in [3.63, 3.8) is 0 Å². The Labute approximate surface area is 204 Å². The number of carbonyl (C=O) groups is 1. The zero-order valence-corrected chi connectivity index (χ0v) is 21.2. The minimum atomic E-state index is -4.59. The van der Waals surface area contributed by atoms with Crippen molar-refractivity contribution in [2.24, 2.45) is 0 Å². The monoisotopic (exact) mass is 492 g/mol. The second-order valence-electron chi connectivity index (χ2n) is 10.0. The van der Waals surface area contributed by atoms with Crippen molar-refractivity contribution in [2.75, 3.05) is 24.2 Å². The van der Waals surface area contributed by atoms with Crippen LogP contribution in [-0.4, -0.2) is 91.7 Å². The van der Waals surface area contributed by atoms with Gasteiger partial charge in [0.25, 0.3) is 0 Å². The van der Waals surface area contributed by atoms with E-state index in [-0.39, 0.29) is 28.1 Å². The lowest BCUT2D eigenvalue weighted by atomic mass is 9.32. The number of amides is 1. The number of hydrogen-bond donors (Lipinski definition) is 2. The van der Waals surface area contributed by atoms with Gasteiger partial charge in [0.2, 0.25) is 11.9 Å². The number of alkyl halides is 3. The van der Waals surface area contributed by atoms with Gasteiger partial charge >= 0.3 is 6.18 Å². The largest absolute Gasteiger partial charge is 0.421 e. The molecule has 0 unspecified atom stereocenters. The van der Waals surface area contributed by atoms with Crippen LogP contribution in [0.5, 0.6) is 0 Å². The summed E-state index contributed by atoms with van der Waals surface area (Å²) < 4.78 is 39.4. The van der Waals surface area contributed by atoms with E-state index in [1.54, 1.807) is 0 Å². The standard InChI is InChI=1S/C15H22B6ClF3N6OS/c1-26-7-5(13(23,24)25)4-27-11(29-7)30-8-6(22)28-9(33-8)12(14(16,17)18)2-3-31(10(12)32)15(19,20)21/h4H,2-3,16-21H2,1H3,(H2,26,27,29,30)/t12-/m1/s1. The molecule has 0 spiro atoms. The van der Waals surface area contributed by atoms with Gasteiger partial charge < -0.3 is 15.5 Å².